The highest BCUT2D eigenvalue weighted by Crippen LogP contribution is 2.41. The monoisotopic (exact) mass is 499 g/mol. The smallest absolute Gasteiger partial charge is 0.407 e. The fraction of sp³-hybridized carbons (Fsp3) is 0.259. The number of benzene rings is 2. The number of anilines is 2. The summed E-state index contributed by atoms with van der Waals surface area (Å²) < 4.78 is 5.51. The van der Waals surface area contributed by atoms with Crippen molar-refractivity contribution < 1.29 is 19.4 Å². The summed E-state index contributed by atoms with van der Waals surface area (Å²) in [6.07, 6.45) is -1.07. The van der Waals surface area contributed by atoms with Crippen LogP contribution in [0.2, 0.25) is 0 Å². The summed E-state index contributed by atoms with van der Waals surface area (Å²) in [6, 6.07) is 14.5. The molecule has 4 aromatic rings. The molecule has 37 heavy (non-hydrogen) atoms. The second-order valence-electron chi connectivity index (χ2n) is 9.49. The fourth-order valence-corrected chi connectivity index (χ4v) is 5.55. The summed E-state index contributed by atoms with van der Waals surface area (Å²) >= 11 is 0. The van der Waals surface area contributed by atoms with Crippen molar-refractivity contribution in [1.29, 1.82) is 0 Å². The lowest BCUT2D eigenvalue weighted by Crippen LogP contribution is -2.66. The Labute approximate surface area is 211 Å². The molecule has 2 aliphatic heterocycles. The molecule has 0 radical (unpaired) electrons. The topological polar surface area (TPSA) is 119 Å². The van der Waals surface area contributed by atoms with Crippen molar-refractivity contribution in [2.24, 2.45) is 0 Å². The Hall–Kier alpha value is -4.60. The van der Waals surface area contributed by atoms with E-state index in [0.717, 1.165) is 16.3 Å². The molecule has 1 fully saturated rings. The number of likely N-dealkylation sites (N-methyl/N-ethyl adjacent to an activating group) is 1. The molecule has 10 nitrogen and oxygen atoms in total. The van der Waals surface area contributed by atoms with Gasteiger partial charge in [0.25, 0.3) is 11.5 Å². The number of piperazine rings is 1. The molecule has 4 heterocycles. The van der Waals surface area contributed by atoms with Crippen LogP contribution in [0.1, 0.15) is 6.92 Å². The first-order valence-electron chi connectivity index (χ1n) is 12.0. The Morgan fingerprint density at radius 2 is 1.86 bits per heavy atom. The van der Waals surface area contributed by atoms with E-state index in [2.05, 4.69) is 4.98 Å². The molecule has 1 saturated heterocycles. The number of nitrogens with one attached hydrogen (secondary N) is 1. The van der Waals surface area contributed by atoms with Gasteiger partial charge in [0, 0.05) is 30.6 Å². The zero-order valence-corrected chi connectivity index (χ0v) is 20.6. The molecule has 188 valence electrons. The molecule has 2 aromatic heterocycles. The fourth-order valence-electron chi connectivity index (χ4n) is 5.55. The summed E-state index contributed by atoms with van der Waals surface area (Å²) in [5, 5.41) is 12.3. The van der Waals surface area contributed by atoms with Crippen LogP contribution in [0, 0.1) is 0 Å². The number of carbonyl (C=O) groups is 2. The third-order valence-corrected chi connectivity index (χ3v) is 7.39. The summed E-state index contributed by atoms with van der Waals surface area (Å²) in [4.78, 5) is 50.4. The lowest BCUT2D eigenvalue weighted by Gasteiger charge is -2.49. The summed E-state index contributed by atoms with van der Waals surface area (Å²) in [5.41, 5.74) is 2.33. The first-order chi connectivity index (χ1) is 17.8. The molecule has 2 amide bonds. The van der Waals surface area contributed by atoms with E-state index >= 15 is 0 Å². The third-order valence-electron chi connectivity index (χ3n) is 7.39. The van der Waals surface area contributed by atoms with Crippen LogP contribution in [-0.4, -0.2) is 71.3 Å². The highest BCUT2D eigenvalue weighted by atomic mass is 16.5. The molecule has 6 rings (SSSR count). The maximum Gasteiger partial charge on any atom is 0.407 e. The molecule has 0 bridgehead atoms. The number of hydrogen-bond donors (Lipinski definition) is 2. The van der Waals surface area contributed by atoms with Gasteiger partial charge in [0.1, 0.15) is 23.1 Å². The number of aromatic amines is 1. The van der Waals surface area contributed by atoms with Crippen molar-refractivity contribution in [3.8, 4) is 17.0 Å². The quantitative estimate of drug-likeness (QED) is 0.434. The zero-order chi connectivity index (χ0) is 26.0. The van der Waals surface area contributed by atoms with Gasteiger partial charge in [0.15, 0.2) is 0 Å². The molecule has 0 saturated carbocycles. The average Bonchev–Trinajstić information content (AvgIpc) is 2.89. The van der Waals surface area contributed by atoms with Crippen molar-refractivity contribution in [2.45, 2.75) is 19.0 Å². The second kappa shape index (κ2) is 8.22. The van der Waals surface area contributed by atoms with E-state index in [1.54, 1.807) is 21.1 Å². The van der Waals surface area contributed by atoms with Gasteiger partial charge in [-0.25, -0.2) is 9.78 Å². The minimum atomic E-state index is -1.07. The van der Waals surface area contributed by atoms with Gasteiger partial charge in [-0.15, -0.1) is 0 Å². The number of ether oxygens (including phenoxy) is 1. The molecular formula is C27H25N5O5. The van der Waals surface area contributed by atoms with Gasteiger partial charge < -0.3 is 29.5 Å². The number of rotatable bonds is 2. The van der Waals surface area contributed by atoms with Gasteiger partial charge in [-0.2, -0.15) is 0 Å². The minimum Gasteiger partial charge on any atom is -0.497 e. The largest absolute Gasteiger partial charge is 0.497 e. The van der Waals surface area contributed by atoms with Crippen molar-refractivity contribution in [2.75, 3.05) is 37.0 Å². The Kier molecular flexibility index (Phi) is 5.08. The van der Waals surface area contributed by atoms with Crippen molar-refractivity contribution in [1.82, 2.24) is 14.9 Å². The summed E-state index contributed by atoms with van der Waals surface area (Å²) in [6.45, 7) is 2.10. The summed E-state index contributed by atoms with van der Waals surface area (Å²) in [7, 11) is 3.16. The first kappa shape index (κ1) is 22.8. The van der Waals surface area contributed by atoms with E-state index in [0.29, 0.717) is 28.2 Å². The van der Waals surface area contributed by atoms with Gasteiger partial charge in [-0.3, -0.25) is 9.59 Å². The van der Waals surface area contributed by atoms with Crippen LogP contribution < -0.4 is 20.1 Å². The predicted octanol–water partition coefficient (Wildman–Crippen LogP) is 3.29. The van der Waals surface area contributed by atoms with Crippen LogP contribution in [0.5, 0.6) is 5.75 Å². The molecule has 2 aliphatic rings. The average molecular weight is 500 g/mol. The standard InChI is InChI=1S/C27H25N5O5/c1-14-12-32-21(13-31(14)27(35)36)26(34)30(2)23-22(32)18-8-9-20(28-24(18)29-25(23)33)19-11-16(37-3)10-15-6-4-5-7-17(15)19/h4-11,14,21H,12-13H2,1-3H3,(H,35,36)(H,28,29,33). The van der Waals surface area contributed by atoms with Gasteiger partial charge in [-0.05, 0) is 42.0 Å². The van der Waals surface area contributed by atoms with Gasteiger partial charge in [-0.1, -0.05) is 24.3 Å². The number of pyridine rings is 2. The molecule has 2 unspecified atom stereocenters. The minimum absolute atomic E-state index is 0.0225. The van der Waals surface area contributed by atoms with Crippen LogP contribution in [0.4, 0.5) is 16.2 Å². The molecule has 0 aliphatic carbocycles. The highest BCUT2D eigenvalue weighted by Gasteiger charge is 2.45. The van der Waals surface area contributed by atoms with Crippen LogP contribution in [-0.2, 0) is 4.79 Å². The van der Waals surface area contributed by atoms with E-state index in [1.165, 1.54) is 9.80 Å². The van der Waals surface area contributed by atoms with Gasteiger partial charge >= 0.3 is 6.09 Å². The van der Waals surface area contributed by atoms with E-state index in [-0.39, 0.29) is 30.7 Å². The number of fused-ring (bicyclic) bond motifs is 6. The zero-order valence-electron chi connectivity index (χ0n) is 20.6. The number of amides is 2. The van der Waals surface area contributed by atoms with E-state index < -0.39 is 17.7 Å². The second-order valence-corrected chi connectivity index (χ2v) is 9.49. The number of nitrogens with zero attached hydrogens (tertiary/aromatic N) is 4. The van der Waals surface area contributed by atoms with E-state index in [9.17, 15) is 19.5 Å². The summed E-state index contributed by atoms with van der Waals surface area (Å²) in [5.74, 6) is 0.380. The number of carbonyl (C=O) groups excluding carboxylic acids is 1. The van der Waals surface area contributed by atoms with Gasteiger partial charge in [0.2, 0.25) is 0 Å². The third kappa shape index (κ3) is 3.40. The number of hydrogen-bond acceptors (Lipinski definition) is 6. The highest BCUT2D eigenvalue weighted by molar-refractivity contribution is 6.11. The molecule has 2 aromatic carbocycles. The maximum atomic E-state index is 13.3. The lowest BCUT2D eigenvalue weighted by molar-refractivity contribution is -0.120. The predicted molar refractivity (Wildman–Crippen MR) is 141 cm³/mol. The van der Waals surface area contributed by atoms with E-state index in [1.807, 2.05) is 53.4 Å². The SMILES string of the molecule is COc1cc(-c2ccc3c4c(c(=O)[nH]c3n2)N(C)C(=O)C2CN(C(=O)O)C(C)CN42)c2ccccc2c1. The number of H-pyrrole nitrogens is 1. The van der Waals surface area contributed by atoms with Crippen LogP contribution in [0.3, 0.4) is 0 Å². The van der Waals surface area contributed by atoms with E-state index in [4.69, 9.17) is 9.72 Å². The number of carboxylic acid groups (broad SMARTS) is 1. The molecule has 0 spiro atoms. The Morgan fingerprint density at radius 3 is 2.62 bits per heavy atom. The van der Waals surface area contributed by atoms with Crippen molar-refractivity contribution in [3.63, 3.8) is 0 Å². The molecular weight excluding hydrogens is 474 g/mol. The Balaban J connectivity index is 1.55. The lowest BCUT2D eigenvalue weighted by atomic mass is 9.98. The molecule has 10 heteroatoms. The van der Waals surface area contributed by atoms with Gasteiger partial charge in [0.05, 0.1) is 25.0 Å². The Morgan fingerprint density at radius 1 is 1.08 bits per heavy atom. The van der Waals surface area contributed by atoms with Crippen molar-refractivity contribution >= 4 is 45.2 Å². The maximum absolute atomic E-state index is 13.3. The van der Waals surface area contributed by atoms with Crippen molar-refractivity contribution in [3.05, 3.63) is 58.9 Å². The number of methoxy groups -OCH3 is 1. The molecule has 2 N–H and O–H groups in total. The van der Waals surface area contributed by atoms with Crippen LogP contribution >= 0.6 is 0 Å². The Bertz CT molecular complexity index is 1660. The molecule has 2 atom stereocenters. The normalized spacial score (nSPS) is 19.2. The number of aromatic nitrogens is 2. The first-order valence-corrected chi connectivity index (χ1v) is 12.0. The van der Waals surface area contributed by atoms with Crippen LogP contribution in [0.25, 0.3) is 33.1 Å². The van der Waals surface area contributed by atoms with Crippen LogP contribution in [0.15, 0.2) is 53.3 Å².